The number of carbonyl (C=O) groups excluding carboxylic acids is 1. The van der Waals surface area contributed by atoms with Gasteiger partial charge in [-0.1, -0.05) is 0 Å². The largest absolute Gasteiger partial charge is 0.474 e. The van der Waals surface area contributed by atoms with Crippen molar-refractivity contribution in [3.8, 4) is 17.0 Å². The summed E-state index contributed by atoms with van der Waals surface area (Å²) in [4.78, 5) is 17.8. The van der Waals surface area contributed by atoms with Crippen LogP contribution in [-0.2, 0) is 14.8 Å². The van der Waals surface area contributed by atoms with E-state index in [1.165, 1.54) is 16.6 Å². The summed E-state index contributed by atoms with van der Waals surface area (Å²) in [5, 5.41) is 9.58. The number of aromatic nitrogens is 3. The number of likely N-dealkylation sites (tertiary alicyclic amines) is 1. The molecule has 0 spiro atoms. The molecule has 1 amide bonds. The van der Waals surface area contributed by atoms with E-state index >= 15 is 0 Å². The number of nitrogens with two attached hydrogens (primary N) is 1. The number of hydrogen-bond acceptors (Lipinski definition) is 7. The molecule has 3 aromatic rings. The molecule has 0 saturated carbocycles. The molecular formula is C22H26FN5O5S. The first kappa shape index (κ1) is 23.9. The van der Waals surface area contributed by atoms with E-state index in [0.717, 1.165) is 6.07 Å². The molecule has 0 radical (unpaired) electrons. The van der Waals surface area contributed by atoms with E-state index in [4.69, 9.17) is 14.6 Å². The van der Waals surface area contributed by atoms with E-state index in [2.05, 4.69) is 10.1 Å². The van der Waals surface area contributed by atoms with Crippen molar-refractivity contribution in [2.24, 2.45) is 5.14 Å². The SMILES string of the molecule is Cc1nn2c(OC3CCN(C(=O)OC(C)C)CC3)ccnc2c1-c1ccc(S(N)(=O)=O)cc1F. The van der Waals surface area contributed by atoms with Crippen LogP contribution in [0.1, 0.15) is 32.4 Å². The molecule has 182 valence electrons. The normalized spacial score (nSPS) is 15.2. The van der Waals surface area contributed by atoms with Gasteiger partial charge in [0.05, 0.1) is 22.3 Å². The van der Waals surface area contributed by atoms with Gasteiger partial charge >= 0.3 is 6.09 Å². The summed E-state index contributed by atoms with van der Waals surface area (Å²) < 4.78 is 50.8. The number of benzene rings is 1. The van der Waals surface area contributed by atoms with Gasteiger partial charge in [-0.05, 0) is 39.0 Å². The highest BCUT2D eigenvalue weighted by molar-refractivity contribution is 7.89. The highest BCUT2D eigenvalue weighted by Gasteiger charge is 2.27. The molecule has 4 rings (SSSR count). The number of carbonyl (C=O) groups is 1. The van der Waals surface area contributed by atoms with Gasteiger partial charge in [0.2, 0.25) is 15.9 Å². The molecule has 1 saturated heterocycles. The van der Waals surface area contributed by atoms with Crippen LogP contribution in [0.3, 0.4) is 0 Å². The first-order valence-corrected chi connectivity index (χ1v) is 12.4. The van der Waals surface area contributed by atoms with Crippen molar-refractivity contribution < 1.29 is 27.1 Å². The molecule has 0 unspecified atom stereocenters. The molecule has 1 aromatic carbocycles. The number of rotatable bonds is 5. The molecule has 34 heavy (non-hydrogen) atoms. The monoisotopic (exact) mass is 491 g/mol. The Balaban J connectivity index is 1.57. The lowest BCUT2D eigenvalue weighted by molar-refractivity contribution is 0.0502. The van der Waals surface area contributed by atoms with Crippen molar-refractivity contribution in [3.63, 3.8) is 0 Å². The Hall–Kier alpha value is -3.25. The molecule has 12 heteroatoms. The van der Waals surface area contributed by atoms with E-state index in [0.29, 0.717) is 48.7 Å². The van der Waals surface area contributed by atoms with Gasteiger partial charge in [-0.25, -0.2) is 27.7 Å². The van der Waals surface area contributed by atoms with Crippen LogP contribution in [0.25, 0.3) is 16.8 Å². The lowest BCUT2D eigenvalue weighted by Crippen LogP contribution is -2.42. The van der Waals surface area contributed by atoms with Gasteiger partial charge in [0.1, 0.15) is 11.9 Å². The third kappa shape index (κ3) is 4.82. The second kappa shape index (κ2) is 9.18. The summed E-state index contributed by atoms with van der Waals surface area (Å²) in [7, 11) is -4.03. The van der Waals surface area contributed by atoms with Gasteiger partial charge in [-0.15, -0.1) is 0 Å². The minimum Gasteiger partial charge on any atom is -0.474 e. The van der Waals surface area contributed by atoms with Crippen molar-refractivity contribution >= 4 is 21.8 Å². The van der Waals surface area contributed by atoms with Gasteiger partial charge in [0.25, 0.3) is 0 Å². The summed E-state index contributed by atoms with van der Waals surface area (Å²) >= 11 is 0. The molecule has 2 aromatic heterocycles. The minimum atomic E-state index is -4.03. The molecule has 0 bridgehead atoms. The quantitative estimate of drug-likeness (QED) is 0.581. The number of fused-ring (bicyclic) bond motifs is 1. The second-order valence-electron chi connectivity index (χ2n) is 8.40. The predicted molar refractivity (Wildman–Crippen MR) is 121 cm³/mol. The predicted octanol–water partition coefficient (Wildman–Crippen LogP) is 2.88. The Morgan fingerprint density at radius 3 is 2.56 bits per heavy atom. The molecule has 0 aliphatic carbocycles. The molecule has 3 heterocycles. The van der Waals surface area contributed by atoms with Crippen LogP contribution in [0.4, 0.5) is 9.18 Å². The van der Waals surface area contributed by atoms with Crippen molar-refractivity contribution in [3.05, 3.63) is 42.0 Å². The molecule has 2 N–H and O–H groups in total. The van der Waals surface area contributed by atoms with Crippen molar-refractivity contribution in [2.75, 3.05) is 13.1 Å². The zero-order valence-electron chi connectivity index (χ0n) is 19.1. The Bertz CT molecular complexity index is 1330. The molecule has 1 aliphatic rings. The van der Waals surface area contributed by atoms with Crippen LogP contribution < -0.4 is 9.88 Å². The lowest BCUT2D eigenvalue weighted by Gasteiger charge is -2.31. The lowest BCUT2D eigenvalue weighted by atomic mass is 10.1. The third-order valence-corrected chi connectivity index (χ3v) is 6.43. The van der Waals surface area contributed by atoms with Crippen LogP contribution >= 0.6 is 0 Å². The zero-order chi connectivity index (χ0) is 24.6. The number of ether oxygens (including phenoxy) is 2. The average molecular weight is 492 g/mol. The Labute approximate surface area is 196 Å². The Morgan fingerprint density at radius 2 is 1.94 bits per heavy atom. The number of aryl methyl sites for hydroxylation is 1. The van der Waals surface area contributed by atoms with Gasteiger partial charge < -0.3 is 14.4 Å². The van der Waals surface area contributed by atoms with Crippen molar-refractivity contribution in [1.82, 2.24) is 19.5 Å². The van der Waals surface area contributed by atoms with Gasteiger partial charge in [0.15, 0.2) is 5.65 Å². The number of nitrogens with zero attached hydrogens (tertiary/aromatic N) is 4. The number of piperidine rings is 1. The average Bonchev–Trinajstić information content (AvgIpc) is 3.10. The van der Waals surface area contributed by atoms with Crippen LogP contribution in [0.15, 0.2) is 35.4 Å². The smallest absolute Gasteiger partial charge is 0.410 e. The molecule has 0 atom stereocenters. The fraction of sp³-hybridized carbons (Fsp3) is 0.409. The summed E-state index contributed by atoms with van der Waals surface area (Å²) in [6.45, 7) is 6.34. The van der Waals surface area contributed by atoms with Gasteiger partial charge in [0, 0.05) is 43.8 Å². The number of primary sulfonamides is 1. The molecular weight excluding hydrogens is 465 g/mol. The number of sulfonamides is 1. The summed E-state index contributed by atoms with van der Waals surface area (Å²) in [6.07, 6.45) is 2.13. The minimum absolute atomic E-state index is 0.146. The summed E-state index contributed by atoms with van der Waals surface area (Å²) in [6, 6.07) is 5.14. The Kier molecular flexibility index (Phi) is 6.45. The first-order chi connectivity index (χ1) is 16.0. The maximum atomic E-state index is 14.8. The Morgan fingerprint density at radius 1 is 1.24 bits per heavy atom. The van der Waals surface area contributed by atoms with E-state index in [1.54, 1.807) is 24.1 Å². The highest BCUT2D eigenvalue weighted by Crippen LogP contribution is 2.32. The van der Waals surface area contributed by atoms with Crippen molar-refractivity contribution in [1.29, 1.82) is 0 Å². The number of hydrogen-bond donors (Lipinski definition) is 1. The topological polar surface area (TPSA) is 129 Å². The fourth-order valence-electron chi connectivity index (χ4n) is 3.91. The van der Waals surface area contributed by atoms with Gasteiger partial charge in [-0.3, -0.25) is 0 Å². The molecule has 1 fully saturated rings. The maximum Gasteiger partial charge on any atom is 0.410 e. The van der Waals surface area contributed by atoms with Crippen LogP contribution in [-0.4, -0.2) is 59.3 Å². The van der Waals surface area contributed by atoms with Gasteiger partial charge in [-0.2, -0.15) is 9.61 Å². The first-order valence-electron chi connectivity index (χ1n) is 10.8. The zero-order valence-corrected chi connectivity index (χ0v) is 19.9. The van der Waals surface area contributed by atoms with E-state index in [9.17, 15) is 17.6 Å². The van der Waals surface area contributed by atoms with Crippen molar-refractivity contribution in [2.45, 2.75) is 50.7 Å². The maximum absolute atomic E-state index is 14.8. The fourth-order valence-corrected chi connectivity index (χ4v) is 4.44. The van der Waals surface area contributed by atoms with Crippen LogP contribution in [0.5, 0.6) is 5.88 Å². The molecule has 1 aliphatic heterocycles. The highest BCUT2D eigenvalue weighted by atomic mass is 32.2. The van der Waals surface area contributed by atoms with E-state index in [1.807, 2.05) is 13.8 Å². The number of halogens is 1. The van der Waals surface area contributed by atoms with E-state index in [-0.39, 0.29) is 28.8 Å². The molecule has 10 nitrogen and oxygen atoms in total. The van der Waals surface area contributed by atoms with Crippen LogP contribution in [0, 0.1) is 12.7 Å². The standard InChI is InChI=1S/C22H26FN5O5S/c1-13(2)32-22(29)27-10-7-15(8-11-27)33-19-6-9-25-21-20(14(3)26-28(19)21)17-5-4-16(12-18(17)23)34(24,30)31/h4-6,9,12-13,15H,7-8,10-11H2,1-3H3,(H2,24,30,31). The van der Waals surface area contributed by atoms with E-state index < -0.39 is 15.8 Å². The summed E-state index contributed by atoms with van der Waals surface area (Å²) in [5.74, 6) is -0.317. The third-order valence-electron chi connectivity index (χ3n) is 5.52. The van der Waals surface area contributed by atoms with Crippen LogP contribution in [0.2, 0.25) is 0 Å². The number of amides is 1. The second-order valence-corrected chi connectivity index (χ2v) is 9.96. The summed E-state index contributed by atoms with van der Waals surface area (Å²) in [5.41, 5.74) is 1.45.